The van der Waals surface area contributed by atoms with Crippen LogP contribution in [-0.2, 0) is 22.1 Å². The van der Waals surface area contributed by atoms with Crippen LogP contribution in [0.1, 0.15) is 31.4 Å². The lowest BCUT2D eigenvalue weighted by Gasteiger charge is -2.10. The maximum atomic E-state index is 13.2. The van der Waals surface area contributed by atoms with E-state index in [1.807, 2.05) is 13.8 Å². The highest BCUT2D eigenvalue weighted by Gasteiger charge is 2.16. The summed E-state index contributed by atoms with van der Waals surface area (Å²) in [6.45, 7) is 3.95. The molecule has 18 heavy (non-hydrogen) atoms. The summed E-state index contributed by atoms with van der Waals surface area (Å²) in [6.07, 6.45) is 0.830. The Kier molecular flexibility index (Phi) is 5.28. The Morgan fingerprint density at radius 3 is 2.61 bits per heavy atom. The Hall–Kier alpha value is -0.940. The highest BCUT2D eigenvalue weighted by atomic mass is 32.2. The van der Waals surface area contributed by atoms with Crippen LogP contribution in [0.2, 0.25) is 0 Å². The van der Waals surface area contributed by atoms with Crippen LogP contribution in [0.5, 0.6) is 0 Å². The van der Waals surface area contributed by atoms with Gasteiger partial charge in [-0.1, -0.05) is 32.4 Å². The first-order valence-corrected chi connectivity index (χ1v) is 7.88. The van der Waals surface area contributed by atoms with Crippen LogP contribution in [0, 0.1) is 11.7 Å². The summed E-state index contributed by atoms with van der Waals surface area (Å²) in [7, 11) is -3.15. The monoisotopic (exact) mass is 273 g/mol. The van der Waals surface area contributed by atoms with Crippen molar-refractivity contribution in [1.82, 2.24) is 0 Å². The molecule has 102 valence electrons. The minimum atomic E-state index is -3.15. The molecule has 1 aromatic carbocycles. The molecule has 0 heterocycles. The third-order valence-corrected chi connectivity index (χ3v) is 4.80. The van der Waals surface area contributed by atoms with Gasteiger partial charge in [0.2, 0.25) is 0 Å². The van der Waals surface area contributed by atoms with Crippen LogP contribution >= 0.6 is 0 Å². The summed E-state index contributed by atoms with van der Waals surface area (Å²) in [5, 5.41) is 0. The molecule has 1 rings (SSSR count). The second-order valence-corrected chi connectivity index (χ2v) is 6.81. The van der Waals surface area contributed by atoms with Gasteiger partial charge < -0.3 is 5.73 Å². The minimum Gasteiger partial charge on any atom is -0.326 e. The molecular weight excluding hydrogens is 253 g/mol. The smallest absolute Gasteiger partial charge is 0.154 e. The maximum absolute atomic E-state index is 13.2. The van der Waals surface area contributed by atoms with Gasteiger partial charge in [0.25, 0.3) is 0 Å². The number of rotatable bonds is 6. The Morgan fingerprint density at radius 1 is 1.39 bits per heavy atom. The van der Waals surface area contributed by atoms with E-state index >= 15 is 0 Å². The van der Waals surface area contributed by atoms with Crippen molar-refractivity contribution in [3.63, 3.8) is 0 Å². The predicted octanol–water partition coefficient (Wildman–Crippen LogP) is 2.25. The number of nitrogens with two attached hydrogens (primary N) is 1. The topological polar surface area (TPSA) is 60.2 Å². The van der Waals surface area contributed by atoms with E-state index in [2.05, 4.69) is 0 Å². The van der Waals surface area contributed by atoms with E-state index in [0.29, 0.717) is 11.1 Å². The highest BCUT2D eigenvalue weighted by Crippen LogP contribution is 2.15. The summed E-state index contributed by atoms with van der Waals surface area (Å²) in [5.74, 6) is -0.131. The van der Waals surface area contributed by atoms with Crippen LogP contribution in [0.3, 0.4) is 0 Å². The van der Waals surface area contributed by atoms with Gasteiger partial charge in [0.05, 0.1) is 11.5 Å². The fourth-order valence-electron chi connectivity index (χ4n) is 1.74. The third kappa shape index (κ3) is 4.38. The quantitative estimate of drug-likeness (QED) is 0.864. The number of benzene rings is 1. The minimum absolute atomic E-state index is 0.0510. The van der Waals surface area contributed by atoms with Crippen molar-refractivity contribution in [2.75, 3.05) is 5.75 Å². The second-order valence-electron chi connectivity index (χ2n) is 4.70. The molecule has 0 aliphatic rings. The Morgan fingerprint density at radius 2 is 2.06 bits per heavy atom. The average molecular weight is 273 g/mol. The van der Waals surface area contributed by atoms with Crippen LogP contribution < -0.4 is 5.73 Å². The fourth-order valence-corrected chi connectivity index (χ4v) is 3.65. The molecule has 0 saturated heterocycles. The lowest BCUT2D eigenvalue weighted by atomic mass is 10.1. The van der Waals surface area contributed by atoms with E-state index in [-0.39, 0.29) is 29.8 Å². The molecule has 1 atom stereocenters. The van der Waals surface area contributed by atoms with Gasteiger partial charge in [-0.3, -0.25) is 0 Å². The Balaban J connectivity index is 2.84. The van der Waals surface area contributed by atoms with Crippen molar-refractivity contribution in [2.45, 2.75) is 32.6 Å². The van der Waals surface area contributed by atoms with Gasteiger partial charge in [0.1, 0.15) is 5.82 Å². The zero-order valence-corrected chi connectivity index (χ0v) is 11.6. The van der Waals surface area contributed by atoms with E-state index < -0.39 is 9.84 Å². The zero-order chi connectivity index (χ0) is 13.8. The molecule has 0 aliphatic heterocycles. The summed E-state index contributed by atoms with van der Waals surface area (Å²) in [4.78, 5) is 0. The molecular formula is C13H20FNO2S. The highest BCUT2D eigenvalue weighted by molar-refractivity contribution is 7.90. The number of hydrogen-bond donors (Lipinski definition) is 1. The number of hydrogen-bond acceptors (Lipinski definition) is 3. The standard InChI is InChI=1S/C13H20FNO2S/c1-3-10(2)8-18(16,17)9-11-4-5-13(14)12(6-11)7-15/h4-6,10H,3,7-9,15H2,1-2H3. The summed E-state index contributed by atoms with van der Waals surface area (Å²) >= 11 is 0. The van der Waals surface area contributed by atoms with Crippen molar-refractivity contribution in [3.8, 4) is 0 Å². The average Bonchev–Trinajstić information content (AvgIpc) is 2.30. The molecule has 0 amide bonds. The van der Waals surface area contributed by atoms with E-state index in [9.17, 15) is 12.8 Å². The van der Waals surface area contributed by atoms with E-state index in [1.54, 1.807) is 0 Å². The van der Waals surface area contributed by atoms with Crippen molar-refractivity contribution < 1.29 is 12.8 Å². The SMILES string of the molecule is CCC(C)CS(=O)(=O)Cc1ccc(F)c(CN)c1. The normalized spacial score (nSPS) is 13.6. The van der Waals surface area contributed by atoms with Gasteiger partial charge in [-0.05, 0) is 17.5 Å². The molecule has 0 aliphatic carbocycles. The molecule has 1 aromatic rings. The molecule has 0 aromatic heterocycles. The molecule has 0 spiro atoms. The molecule has 0 bridgehead atoms. The molecule has 0 fully saturated rings. The first-order valence-electron chi connectivity index (χ1n) is 6.05. The van der Waals surface area contributed by atoms with Gasteiger partial charge in [-0.15, -0.1) is 0 Å². The lowest BCUT2D eigenvalue weighted by molar-refractivity contribution is 0.563. The first kappa shape index (κ1) is 15.1. The number of halogens is 1. The predicted molar refractivity (Wildman–Crippen MR) is 71.2 cm³/mol. The molecule has 1 unspecified atom stereocenters. The zero-order valence-electron chi connectivity index (χ0n) is 10.8. The van der Waals surface area contributed by atoms with Crippen LogP contribution in [0.15, 0.2) is 18.2 Å². The van der Waals surface area contributed by atoms with Gasteiger partial charge in [0.15, 0.2) is 9.84 Å². The van der Waals surface area contributed by atoms with Crippen molar-refractivity contribution in [1.29, 1.82) is 0 Å². The van der Waals surface area contributed by atoms with E-state index in [1.165, 1.54) is 18.2 Å². The Labute approximate surface area is 108 Å². The molecule has 0 radical (unpaired) electrons. The molecule has 5 heteroatoms. The van der Waals surface area contributed by atoms with Crippen LogP contribution in [0.4, 0.5) is 4.39 Å². The fraction of sp³-hybridized carbons (Fsp3) is 0.538. The van der Waals surface area contributed by atoms with Crippen molar-refractivity contribution >= 4 is 9.84 Å². The van der Waals surface area contributed by atoms with Gasteiger partial charge in [-0.25, -0.2) is 12.8 Å². The van der Waals surface area contributed by atoms with Gasteiger partial charge >= 0.3 is 0 Å². The van der Waals surface area contributed by atoms with Crippen molar-refractivity contribution in [2.24, 2.45) is 11.7 Å². The third-order valence-electron chi connectivity index (χ3n) is 2.95. The largest absolute Gasteiger partial charge is 0.326 e. The summed E-state index contributed by atoms with van der Waals surface area (Å²) in [6, 6.07) is 4.31. The van der Waals surface area contributed by atoms with Crippen LogP contribution in [-0.4, -0.2) is 14.2 Å². The summed E-state index contributed by atoms with van der Waals surface area (Å²) in [5.41, 5.74) is 6.35. The van der Waals surface area contributed by atoms with E-state index in [4.69, 9.17) is 5.73 Å². The molecule has 0 saturated carbocycles. The van der Waals surface area contributed by atoms with Crippen molar-refractivity contribution in [3.05, 3.63) is 35.1 Å². The first-order chi connectivity index (χ1) is 8.38. The van der Waals surface area contributed by atoms with Gasteiger partial charge in [0, 0.05) is 12.1 Å². The molecule has 3 nitrogen and oxygen atoms in total. The van der Waals surface area contributed by atoms with Crippen LogP contribution in [0.25, 0.3) is 0 Å². The Bertz CT molecular complexity index is 500. The van der Waals surface area contributed by atoms with Gasteiger partial charge in [-0.2, -0.15) is 0 Å². The number of sulfone groups is 1. The lowest BCUT2D eigenvalue weighted by Crippen LogP contribution is -2.15. The summed E-state index contributed by atoms with van der Waals surface area (Å²) < 4.78 is 37.1. The second kappa shape index (κ2) is 6.29. The van der Waals surface area contributed by atoms with E-state index in [0.717, 1.165) is 6.42 Å². The maximum Gasteiger partial charge on any atom is 0.154 e. The molecule has 2 N–H and O–H groups in total.